The maximum absolute atomic E-state index is 12.7. The van der Waals surface area contributed by atoms with Gasteiger partial charge in [0.1, 0.15) is 10.7 Å². The molecule has 0 radical (unpaired) electrons. The lowest BCUT2D eigenvalue weighted by Crippen LogP contribution is -2.45. The second-order valence-corrected chi connectivity index (χ2v) is 7.78. The van der Waals surface area contributed by atoms with Crippen molar-refractivity contribution in [1.82, 2.24) is 9.88 Å². The largest absolute Gasteiger partial charge is 0.382 e. The number of ether oxygens (including phenoxy) is 1. The van der Waals surface area contributed by atoms with Gasteiger partial charge < -0.3 is 20.7 Å². The van der Waals surface area contributed by atoms with E-state index >= 15 is 0 Å². The number of hydrogen-bond acceptors (Lipinski definition) is 6. The fraction of sp³-hybridized carbons (Fsp3) is 0.714. The summed E-state index contributed by atoms with van der Waals surface area (Å²) < 4.78 is 5.77. The zero-order valence-electron chi connectivity index (χ0n) is 12.7. The molecule has 0 aliphatic carbocycles. The molecule has 2 atom stereocenters. The van der Waals surface area contributed by atoms with Crippen LogP contribution >= 0.6 is 11.3 Å². The number of amides is 1. The van der Waals surface area contributed by atoms with Gasteiger partial charge in [0.05, 0.1) is 12.2 Å². The van der Waals surface area contributed by atoms with Crippen molar-refractivity contribution in [1.29, 1.82) is 0 Å². The highest BCUT2D eigenvalue weighted by Crippen LogP contribution is 2.31. The van der Waals surface area contributed by atoms with E-state index in [4.69, 9.17) is 10.5 Å². The predicted octanol–water partition coefficient (Wildman–Crippen LogP) is 1.94. The Morgan fingerprint density at radius 3 is 2.57 bits per heavy atom. The molecule has 0 aromatic carbocycles. The van der Waals surface area contributed by atoms with E-state index in [0.717, 1.165) is 12.8 Å². The van der Waals surface area contributed by atoms with Crippen molar-refractivity contribution in [3.05, 3.63) is 4.88 Å². The van der Waals surface area contributed by atoms with Gasteiger partial charge >= 0.3 is 0 Å². The van der Waals surface area contributed by atoms with E-state index in [2.05, 4.69) is 10.3 Å². The minimum atomic E-state index is -0.108. The van der Waals surface area contributed by atoms with Gasteiger partial charge in [-0.15, -0.1) is 0 Å². The quantitative estimate of drug-likeness (QED) is 0.872. The van der Waals surface area contributed by atoms with Crippen LogP contribution in [0.4, 0.5) is 10.9 Å². The van der Waals surface area contributed by atoms with Crippen LogP contribution in [0.15, 0.2) is 0 Å². The van der Waals surface area contributed by atoms with Crippen LogP contribution in [0.2, 0.25) is 0 Å². The van der Waals surface area contributed by atoms with E-state index in [-0.39, 0.29) is 23.7 Å². The van der Waals surface area contributed by atoms with Gasteiger partial charge in [-0.1, -0.05) is 11.3 Å². The first-order chi connectivity index (χ1) is 9.82. The molecule has 2 aliphatic rings. The van der Waals surface area contributed by atoms with Gasteiger partial charge in [0, 0.05) is 18.6 Å². The Labute approximate surface area is 128 Å². The van der Waals surface area contributed by atoms with Crippen molar-refractivity contribution in [3.63, 3.8) is 0 Å². The van der Waals surface area contributed by atoms with Gasteiger partial charge in [0.2, 0.25) is 0 Å². The molecule has 0 saturated carbocycles. The fourth-order valence-electron chi connectivity index (χ4n) is 2.78. The molecule has 0 spiro atoms. The number of nitrogen functional groups attached to an aromatic ring is 1. The number of nitrogens with two attached hydrogens (primary N) is 1. The van der Waals surface area contributed by atoms with E-state index < -0.39 is 0 Å². The average Bonchev–Trinajstić information content (AvgIpc) is 2.89. The zero-order valence-corrected chi connectivity index (χ0v) is 13.5. The van der Waals surface area contributed by atoms with Crippen LogP contribution in [-0.4, -0.2) is 46.6 Å². The lowest BCUT2D eigenvalue weighted by Gasteiger charge is -2.31. The summed E-state index contributed by atoms with van der Waals surface area (Å²) in [4.78, 5) is 19.3. The molecule has 3 heterocycles. The first kappa shape index (κ1) is 14.6. The number of fused-ring (bicyclic) bond motifs is 2. The number of thiazole rings is 1. The molecule has 1 aromatic heterocycles. The number of hydrogen-bond donors (Lipinski definition) is 2. The average molecular weight is 310 g/mol. The van der Waals surface area contributed by atoms with Crippen molar-refractivity contribution in [2.75, 3.05) is 24.1 Å². The number of nitrogens with zero attached hydrogens (tertiary/aromatic N) is 2. The van der Waals surface area contributed by atoms with E-state index in [1.54, 1.807) is 0 Å². The lowest BCUT2D eigenvalue weighted by atomic mass is 10.1. The molecule has 116 valence electrons. The zero-order chi connectivity index (χ0) is 15.2. The van der Waals surface area contributed by atoms with Crippen molar-refractivity contribution in [2.24, 2.45) is 0 Å². The van der Waals surface area contributed by atoms with Gasteiger partial charge in [-0.2, -0.15) is 0 Å². The number of morpholine rings is 1. The molecular weight excluding hydrogens is 288 g/mol. The molecule has 3 rings (SSSR count). The maximum Gasteiger partial charge on any atom is 0.268 e. The summed E-state index contributed by atoms with van der Waals surface area (Å²) in [5.41, 5.74) is 5.82. The first-order valence-corrected chi connectivity index (χ1v) is 8.13. The smallest absolute Gasteiger partial charge is 0.268 e. The summed E-state index contributed by atoms with van der Waals surface area (Å²) in [6.45, 7) is 7.46. The summed E-state index contributed by atoms with van der Waals surface area (Å²) in [5.74, 6) is 0.294. The van der Waals surface area contributed by atoms with Gasteiger partial charge in [-0.25, -0.2) is 4.98 Å². The molecule has 21 heavy (non-hydrogen) atoms. The van der Waals surface area contributed by atoms with Gasteiger partial charge in [0.25, 0.3) is 5.91 Å². The third-order valence-electron chi connectivity index (χ3n) is 3.66. The molecule has 6 nitrogen and oxygen atoms in total. The normalized spacial score (nSPS) is 25.2. The van der Waals surface area contributed by atoms with Crippen LogP contribution in [0.5, 0.6) is 0 Å². The Hall–Kier alpha value is -1.34. The number of anilines is 2. The molecular formula is C14H22N4O2S. The van der Waals surface area contributed by atoms with Crippen LogP contribution < -0.4 is 11.1 Å². The Morgan fingerprint density at radius 2 is 2.00 bits per heavy atom. The molecule has 2 unspecified atom stereocenters. The standard InChI is InChI=1S/C14H22N4O2S/c1-14(2,3)17-13-16-11(15)10(21-13)12(19)18-6-8-4-5-9(7-18)20-8/h8-9H,4-7,15H2,1-3H3,(H,16,17). The van der Waals surface area contributed by atoms with Crippen molar-refractivity contribution in [2.45, 2.75) is 51.4 Å². The molecule has 2 saturated heterocycles. The second kappa shape index (κ2) is 5.14. The monoisotopic (exact) mass is 310 g/mol. The number of nitrogens with one attached hydrogen (secondary N) is 1. The molecule has 1 amide bonds. The highest BCUT2D eigenvalue weighted by atomic mass is 32.1. The highest BCUT2D eigenvalue weighted by molar-refractivity contribution is 7.18. The van der Waals surface area contributed by atoms with Crippen molar-refractivity contribution >= 4 is 28.2 Å². The molecule has 2 aliphatic heterocycles. The SMILES string of the molecule is CC(C)(C)Nc1nc(N)c(C(=O)N2CC3CCC(C2)O3)s1. The van der Waals surface area contributed by atoms with E-state index in [0.29, 0.717) is 28.9 Å². The van der Waals surface area contributed by atoms with Crippen molar-refractivity contribution in [3.8, 4) is 0 Å². The Morgan fingerprint density at radius 1 is 1.38 bits per heavy atom. The third kappa shape index (κ3) is 3.13. The van der Waals surface area contributed by atoms with Crippen LogP contribution in [0.3, 0.4) is 0 Å². The van der Waals surface area contributed by atoms with Gasteiger partial charge in [-0.3, -0.25) is 4.79 Å². The third-order valence-corrected chi connectivity index (χ3v) is 4.63. The predicted molar refractivity (Wildman–Crippen MR) is 83.7 cm³/mol. The Kier molecular flexibility index (Phi) is 3.57. The minimum Gasteiger partial charge on any atom is -0.382 e. The number of carbonyl (C=O) groups excluding carboxylic acids is 1. The Bertz CT molecular complexity index is 540. The van der Waals surface area contributed by atoms with E-state index in [1.807, 2.05) is 25.7 Å². The van der Waals surface area contributed by atoms with E-state index in [1.165, 1.54) is 11.3 Å². The first-order valence-electron chi connectivity index (χ1n) is 7.31. The molecule has 3 N–H and O–H groups in total. The van der Waals surface area contributed by atoms with Crippen molar-refractivity contribution < 1.29 is 9.53 Å². The summed E-state index contributed by atoms with van der Waals surface area (Å²) in [5, 5.41) is 3.96. The lowest BCUT2D eigenvalue weighted by molar-refractivity contribution is -0.0301. The van der Waals surface area contributed by atoms with Crippen LogP contribution in [0, 0.1) is 0 Å². The minimum absolute atomic E-state index is 0.0211. The summed E-state index contributed by atoms with van der Waals surface area (Å²) >= 11 is 1.33. The molecule has 1 aromatic rings. The van der Waals surface area contributed by atoms with Crippen LogP contribution in [0.1, 0.15) is 43.3 Å². The number of rotatable bonds is 2. The number of likely N-dealkylation sites (tertiary alicyclic amines) is 1. The number of carbonyl (C=O) groups is 1. The second-order valence-electron chi connectivity index (χ2n) is 6.78. The summed E-state index contributed by atoms with van der Waals surface area (Å²) in [6.07, 6.45) is 2.47. The summed E-state index contributed by atoms with van der Waals surface area (Å²) in [7, 11) is 0. The highest BCUT2D eigenvalue weighted by Gasteiger charge is 2.37. The van der Waals surface area contributed by atoms with Crippen LogP contribution in [-0.2, 0) is 4.74 Å². The Balaban J connectivity index is 1.75. The molecule has 2 fully saturated rings. The summed E-state index contributed by atoms with van der Waals surface area (Å²) in [6, 6.07) is 0. The number of aromatic nitrogens is 1. The molecule has 2 bridgehead atoms. The molecule has 7 heteroatoms. The maximum atomic E-state index is 12.7. The van der Waals surface area contributed by atoms with Gasteiger partial charge in [0.15, 0.2) is 5.13 Å². The van der Waals surface area contributed by atoms with Crippen LogP contribution in [0.25, 0.3) is 0 Å². The van der Waals surface area contributed by atoms with E-state index in [9.17, 15) is 4.79 Å². The topological polar surface area (TPSA) is 80.5 Å². The fourth-order valence-corrected chi connectivity index (χ4v) is 3.84. The van der Waals surface area contributed by atoms with Gasteiger partial charge in [-0.05, 0) is 33.6 Å².